The molecule has 0 aromatic carbocycles. The summed E-state index contributed by atoms with van der Waals surface area (Å²) in [6, 6.07) is 0. The third-order valence-corrected chi connectivity index (χ3v) is 4.58. The molecule has 0 aliphatic rings. The second-order valence-electron chi connectivity index (χ2n) is 6.61. The van der Waals surface area contributed by atoms with Gasteiger partial charge in [-0.3, -0.25) is 4.98 Å². The Kier molecular flexibility index (Phi) is 3.38. The molecule has 0 atom stereocenters. The number of imidazole rings is 4. The predicted molar refractivity (Wildman–Crippen MR) is 94.0 cm³/mol. The van der Waals surface area contributed by atoms with Crippen LogP contribution in [-0.4, -0.2) is 40.1 Å². The first-order valence-corrected chi connectivity index (χ1v) is 8.24. The molecule has 4 aromatic heterocycles. The van der Waals surface area contributed by atoms with Crippen LogP contribution in [-0.2, 0) is 0 Å². The molecule has 9 heteroatoms. The van der Waals surface area contributed by atoms with E-state index in [1.807, 2.05) is 71.6 Å². The van der Waals surface area contributed by atoms with Gasteiger partial charge in [-0.25, -0.2) is 15.0 Å². The smallest absolute Gasteiger partial charge is 0.432 e. The summed E-state index contributed by atoms with van der Waals surface area (Å²) in [7, 11) is 0. The zero-order chi connectivity index (χ0) is 17.6. The third kappa shape index (κ3) is 2.31. The number of aryl methyl sites for hydroxylation is 4. The highest BCUT2D eigenvalue weighted by Gasteiger charge is 2.41. The third-order valence-electron chi connectivity index (χ3n) is 4.58. The quantitative estimate of drug-likeness (QED) is 0.566. The standard InChI is InChI=1S/C16H21BN8/c1-13-5-22(9-18-13)17(23-6-14(2)19-10-23,24-7-15(3)20-11-24)25-8-16(4)21-12-25/h5-12,18H,1-4H3. The summed E-state index contributed by atoms with van der Waals surface area (Å²) in [5.41, 5.74) is 3.92. The minimum atomic E-state index is -1.68. The van der Waals surface area contributed by atoms with Crippen molar-refractivity contribution in [1.29, 1.82) is 0 Å². The first kappa shape index (κ1) is 15.4. The lowest BCUT2D eigenvalue weighted by atomic mass is 9.72. The van der Waals surface area contributed by atoms with Crippen molar-refractivity contribution >= 4 is 6.69 Å². The van der Waals surface area contributed by atoms with Gasteiger partial charge in [-0.1, -0.05) is 0 Å². The van der Waals surface area contributed by atoms with Gasteiger partial charge in [0.2, 0.25) is 0 Å². The van der Waals surface area contributed by atoms with Gasteiger partial charge in [-0.05, 0) is 39.4 Å². The molecule has 0 aliphatic heterocycles. The van der Waals surface area contributed by atoms with Gasteiger partial charge in [0.1, 0.15) is 5.69 Å². The minimum absolute atomic E-state index is 0.952. The Labute approximate surface area is 145 Å². The Morgan fingerprint density at radius 3 is 1.52 bits per heavy atom. The number of hydrogen-bond donors (Lipinski definition) is 1. The Hall–Kier alpha value is -3.10. The lowest BCUT2D eigenvalue weighted by molar-refractivity contribution is -0.554. The second kappa shape index (κ2) is 5.47. The van der Waals surface area contributed by atoms with Crippen molar-refractivity contribution < 1.29 is 4.48 Å². The maximum atomic E-state index is 4.47. The van der Waals surface area contributed by atoms with Crippen molar-refractivity contribution in [3.8, 4) is 0 Å². The minimum Gasteiger partial charge on any atom is -0.432 e. The zero-order valence-electron chi connectivity index (χ0n) is 14.8. The summed E-state index contributed by atoms with van der Waals surface area (Å²) in [6.45, 7) is 6.32. The largest absolute Gasteiger partial charge is 0.505 e. The molecule has 0 unspecified atom stereocenters. The maximum absolute atomic E-state index is 4.47. The van der Waals surface area contributed by atoms with Crippen molar-refractivity contribution in [1.82, 2.24) is 33.4 Å². The Morgan fingerprint density at radius 2 is 1.24 bits per heavy atom. The lowest BCUT2D eigenvalue weighted by Gasteiger charge is -2.40. The van der Waals surface area contributed by atoms with Gasteiger partial charge in [0, 0.05) is 6.92 Å². The molecule has 0 radical (unpaired) electrons. The van der Waals surface area contributed by atoms with Crippen molar-refractivity contribution in [3.63, 3.8) is 0 Å². The number of nitrogens with one attached hydrogen (secondary N) is 1. The average Bonchev–Trinajstić information content (AvgIpc) is 3.33. The average molecular weight is 336 g/mol. The van der Waals surface area contributed by atoms with E-state index < -0.39 is 6.69 Å². The molecular formula is C16H21BN8. The van der Waals surface area contributed by atoms with Gasteiger partial charge in [-0.2, -0.15) is 0 Å². The van der Waals surface area contributed by atoms with Gasteiger partial charge < -0.3 is 17.9 Å². The van der Waals surface area contributed by atoms with Crippen LogP contribution in [0.2, 0.25) is 0 Å². The van der Waals surface area contributed by atoms with E-state index in [9.17, 15) is 0 Å². The summed E-state index contributed by atoms with van der Waals surface area (Å²) in [4.78, 5) is 16.7. The lowest BCUT2D eigenvalue weighted by Crippen LogP contribution is -2.77. The molecule has 25 heavy (non-hydrogen) atoms. The van der Waals surface area contributed by atoms with Crippen molar-refractivity contribution in [2.45, 2.75) is 27.7 Å². The molecule has 8 nitrogen and oxygen atoms in total. The van der Waals surface area contributed by atoms with Crippen LogP contribution in [0, 0.1) is 27.7 Å². The van der Waals surface area contributed by atoms with Crippen LogP contribution >= 0.6 is 0 Å². The van der Waals surface area contributed by atoms with Crippen molar-refractivity contribution in [2.24, 2.45) is 0 Å². The molecule has 1 N–H and O–H groups in total. The van der Waals surface area contributed by atoms with Crippen molar-refractivity contribution in [3.05, 3.63) is 72.9 Å². The Bertz CT molecular complexity index is 854. The molecule has 4 rings (SSSR count). The molecule has 0 bridgehead atoms. The molecule has 4 aromatic rings. The molecule has 128 valence electrons. The first-order valence-electron chi connectivity index (χ1n) is 8.24. The number of aromatic amines is 1. The molecule has 0 aliphatic carbocycles. The van der Waals surface area contributed by atoms with Crippen LogP contribution in [0.5, 0.6) is 0 Å². The summed E-state index contributed by atoms with van der Waals surface area (Å²) >= 11 is 0. The topological polar surface area (TPSA) is 73.1 Å². The van der Waals surface area contributed by atoms with E-state index in [1.165, 1.54) is 0 Å². The zero-order valence-corrected chi connectivity index (χ0v) is 14.8. The van der Waals surface area contributed by atoms with Gasteiger partial charge in [0.05, 0.1) is 42.3 Å². The fourth-order valence-electron chi connectivity index (χ4n) is 3.49. The summed E-state index contributed by atoms with van der Waals surface area (Å²) in [6.07, 6.45) is 15.7. The molecule has 0 fully saturated rings. The molecule has 0 amide bonds. The normalized spacial score (nSPS) is 12.0. The van der Waals surface area contributed by atoms with Crippen LogP contribution in [0.15, 0.2) is 50.1 Å². The van der Waals surface area contributed by atoms with Gasteiger partial charge in [0.15, 0.2) is 6.33 Å². The second-order valence-corrected chi connectivity index (χ2v) is 6.61. The number of H-pyrrole nitrogens is 1. The molecular weight excluding hydrogens is 315 g/mol. The fraction of sp³-hybridized carbons (Fsp3) is 0.250. The maximum Gasteiger partial charge on any atom is 0.505 e. The number of hydrogen-bond acceptors (Lipinski definition) is 3. The van der Waals surface area contributed by atoms with Crippen LogP contribution in [0.4, 0.5) is 0 Å². The van der Waals surface area contributed by atoms with Crippen LogP contribution in [0.1, 0.15) is 22.8 Å². The summed E-state index contributed by atoms with van der Waals surface area (Å²) in [5, 5.41) is 0. The van der Waals surface area contributed by atoms with Crippen LogP contribution < -0.4 is 4.48 Å². The highest BCUT2D eigenvalue weighted by atomic mass is 15.4. The molecule has 0 saturated heterocycles. The first-order chi connectivity index (χ1) is 12.0. The SMILES string of the molecule is Cc1cn([B-](n2cnc(C)c2)(n2cnc(C)c2)[n+]2c[nH]c(C)c2)cn1. The van der Waals surface area contributed by atoms with E-state index in [4.69, 9.17) is 0 Å². The van der Waals surface area contributed by atoms with E-state index in [1.54, 1.807) is 0 Å². The monoisotopic (exact) mass is 336 g/mol. The van der Waals surface area contributed by atoms with Crippen LogP contribution in [0.3, 0.4) is 0 Å². The summed E-state index contributed by atoms with van der Waals surface area (Å²) in [5.74, 6) is 0. The fourth-order valence-corrected chi connectivity index (χ4v) is 3.49. The molecule has 0 saturated carbocycles. The molecule has 0 spiro atoms. The van der Waals surface area contributed by atoms with Crippen LogP contribution in [0.25, 0.3) is 0 Å². The number of rotatable bonds is 4. The van der Waals surface area contributed by atoms with Crippen molar-refractivity contribution in [2.75, 3.05) is 0 Å². The Morgan fingerprint density at radius 1 is 0.800 bits per heavy atom. The van der Waals surface area contributed by atoms with E-state index in [0.717, 1.165) is 22.8 Å². The Balaban J connectivity index is 2.11. The van der Waals surface area contributed by atoms with E-state index >= 15 is 0 Å². The predicted octanol–water partition coefficient (Wildman–Crippen LogP) is 1.05. The highest BCUT2D eigenvalue weighted by Crippen LogP contribution is 2.14. The number of nitrogens with zero attached hydrogens (tertiary/aromatic N) is 7. The van der Waals surface area contributed by atoms with Gasteiger partial charge in [-0.15, -0.1) is 0 Å². The highest BCUT2D eigenvalue weighted by molar-refractivity contribution is 6.66. The van der Waals surface area contributed by atoms with E-state index in [0.29, 0.717) is 0 Å². The van der Waals surface area contributed by atoms with E-state index in [2.05, 4.69) is 44.0 Å². The van der Waals surface area contributed by atoms with E-state index in [-0.39, 0.29) is 0 Å². The summed E-state index contributed by atoms with van der Waals surface area (Å²) < 4.78 is 8.50. The van der Waals surface area contributed by atoms with Gasteiger partial charge >= 0.3 is 6.69 Å². The van der Waals surface area contributed by atoms with Gasteiger partial charge in [0.25, 0.3) is 0 Å². The molecule has 4 heterocycles. The number of aromatic nitrogens is 8.